The molecule has 0 aliphatic heterocycles. The molecule has 2 atom stereocenters. The minimum atomic E-state index is 0.486. The van der Waals surface area contributed by atoms with Crippen LogP contribution in [0.25, 0.3) is 0 Å². The lowest BCUT2D eigenvalue weighted by Gasteiger charge is -2.22. The Bertz CT molecular complexity index is 322. The van der Waals surface area contributed by atoms with Gasteiger partial charge in [-0.3, -0.25) is 0 Å². The molecule has 0 heterocycles. The molecule has 0 saturated carbocycles. The van der Waals surface area contributed by atoms with Crippen LogP contribution in [0.5, 0.6) is 0 Å². The molecule has 90 valence electrons. The molecule has 0 spiro atoms. The van der Waals surface area contributed by atoms with Crippen LogP contribution in [-0.4, -0.2) is 12.6 Å². The second kappa shape index (κ2) is 6.27. The van der Waals surface area contributed by atoms with Crippen molar-refractivity contribution in [2.75, 3.05) is 6.54 Å². The van der Waals surface area contributed by atoms with E-state index in [1.54, 1.807) is 0 Å². The molecule has 1 N–H and O–H groups in total. The molecule has 0 aliphatic rings. The highest BCUT2D eigenvalue weighted by Gasteiger charge is 2.16. The van der Waals surface area contributed by atoms with Crippen molar-refractivity contribution in [2.45, 2.75) is 39.7 Å². The van der Waals surface area contributed by atoms with Gasteiger partial charge in [-0.2, -0.15) is 0 Å². The van der Waals surface area contributed by atoms with Crippen molar-refractivity contribution >= 4 is 11.6 Å². The van der Waals surface area contributed by atoms with E-state index in [1.165, 1.54) is 5.56 Å². The molecule has 0 saturated heterocycles. The Hall–Kier alpha value is -0.530. The monoisotopic (exact) mass is 239 g/mol. The average molecular weight is 240 g/mol. The number of hydrogen-bond acceptors (Lipinski definition) is 1. The highest BCUT2D eigenvalue weighted by atomic mass is 35.5. The number of benzene rings is 1. The summed E-state index contributed by atoms with van der Waals surface area (Å²) < 4.78 is 0. The van der Waals surface area contributed by atoms with Gasteiger partial charge in [-0.05, 0) is 30.0 Å². The van der Waals surface area contributed by atoms with Crippen molar-refractivity contribution in [1.29, 1.82) is 0 Å². The zero-order valence-electron chi connectivity index (χ0n) is 10.6. The summed E-state index contributed by atoms with van der Waals surface area (Å²) in [5, 5.41) is 4.35. The van der Waals surface area contributed by atoms with E-state index in [2.05, 4.69) is 45.1 Å². The second-order valence-electron chi connectivity index (χ2n) is 4.85. The average Bonchev–Trinajstić information content (AvgIpc) is 2.25. The van der Waals surface area contributed by atoms with Crippen LogP contribution in [0, 0.1) is 5.92 Å². The molecule has 0 bridgehead atoms. The third-order valence-corrected chi connectivity index (χ3v) is 3.44. The molecule has 2 unspecified atom stereocenters. The summed E-state index contributed by atoms with van der Waals surface area (Å²) >= 11 is 6.21. The molecule has 1 aromatic rings. The SMILES string of the molecule is CC(C)NCC(C)C(C)c1ccccc1Cl. The Balaban J connectivity index is 2.63. The fourth-order valence-electron chi connectivity index (χ4n) is 1.75. The maximum Gasteiger partial charge on any atom is 0.0440 e. The van der Waals surface area contributed by atoms with E-state index in [0.29, 0.717) is 17.9 Å². The first-order valence-corrected chi connectivity index (χ1v) is 6.38. The minimum Gasteiger partial charge on any atom is -0.314 e. The summed E-state index contributed by atoms with van der Waals surface area (Å²) in [4.78, 5) is 0. The Morgan fingerprint density at radius 2 is 1.75 bits per heavy atom. The molecule has 2 heteroatoms. The third-order valence-electron chi connectivity index (χ3n) is 3.10. The largest absolute Gasteiger partial charge is 0.314 e. The van der Waals surface area contributed by atoms with Gasteiger partial charge in [-0.15, -0.1) is 0 Å². The van der Waals surface area contributed by atoms with Gasteiger partial charge in [-0.1, -0.05) is 57.5 Å². The highest BCUT2D eigenvalue weighted by Crippen LogP contribution is 2.29. The van der Waals surface area contributed by atoms with E-state index in [-0.39, 0.29) is 0 Å². The van der Waals surface area contributed by atoms with E-state index in [4.69, 9.17) is 11.6 Å². The predicted molar refractivity (Wildman–Crippen MR) is 72.2 cm³/mol. The van der Waals surface area contributed by atoms with Crippen molar-refractivity contribution in [1.82, 2.24) is 5.32 Å². The third kappa shape index (κ3) is 3.80. The molecular weight excluding hydrogens is 218 g/mol. The van der Waals surface area contributed by atoms with Gasteiger partial charge in [-0.25, -0.2) is 0 Å². The van der Waals surface area contributed by atoms with Gasteiger partial charge in [0, 0.05) is 11.1 Å². The smallest absolute Gasteiger partial charge is 0.0440 e. The Kier molecular flexibility index (Phi) is 5.30. The van der Waals surface area contributed by atoms with Crippen LogP contribution in [0.1, 0.15) is 39.2 Å². The van der Waals surface area contributed by atoms with Crippen LogP contribution in [0.3, 0.4) is 0 Å². The van der Waals surface area contributed by atoms with Gasteiger partial charge in [0.25, 0.3) is 0 Å². The van der Waals surface area contributed by atoms with Gasteiger partial charge in [0.1, 0.15) is 0 Å². The Labute approximate surface area is 104 Å². The lowest BCUT2D eigenvalue weighted by molar-refractivity contribution is 0.426. The highest BCUT2D eigenvalue weighted by molar-refractivity contribution is 6.31. The van der Waals surface area contributed by atoms with Gasteiger partial charge in [0.2, 0.25) is 0 Å². The molecule has 0 amide bonds. The van der Waals surface area contributed by atoms with Gasteiger partial charge in [0.05, 0.1) is 0 Å². The van der Waals surface area contributed by atoms with Crippen LogP contribution >= 0.6 is 11.6 Å². The second-order valence-corrected chi connectivity index (χ2v) is 5.26. The van der Waals surface area contributed by atoms with Crippen LogP contribution in [-0.2, 0) is 0 Å². The molecule has 0 fully saturated rings. The van der Waals surface area contributed by atoms with E-state index in [0.717, 1.165) is 11.6 Å². The maximum atomic E-state index is 6.21. The van der Waals surface area contributed by atoms with E-state index in [9.17, 15) is 0 Å². The number of rotatable bonds is 5. The van der Waals surface area contributed by atoms with Gasteiger partial charge >= 0.3 is 0 Å². The zero-order valence-corrected chi connectivity index (χ0v) is 11.4. The number of halogens is 1. The number of hydrogen-bond donors (Lipinski definition) is 1. The van der Waals surface area contributed by atoms with Crippen LogP contribution in [0.15, 0.2) is 24.3 Å². The summed E-state index contributed by atoms with van der Waals surface area (Å²) in [6, 6.07) is 8.67. The van der Waals surface area contributed by atoms with Crippen molar-refractivity contribution in [3.8, 4) is 0 Å². The van der Waals surface area contributed by atoms with Crippen molar-refractivity contribution in [3.63, 3.8) is 0 Å². The minimum absolute atomic E-state index is 0.486. The molecule has 1 nitrogen and oxygen atoms in total. The van der Waals surface area contributed by atoms with E-state index < -0.39 is 0 Å². The molecule has 0 radical (unpaired) electrons. The van der Waals surface area contributed by atoms with Gasteiger partial charge < -0.3 is 5.32 Å². The Morgan fingerprint density at radius 1 is 1.12 bits per heavy atom. The van der Waals surface area contributed by atoms with Crippen LogP contribution in [0.4, 0.5) is 0 Å². The summed E-state index contributed by atoms with van der Waals surface area (Å²) in [5.41, 5.74) is 1.25. The van der Waals surface area contributed by atoms with Crippen LogP contribution in [0.2, 0.25) is 5.02 Å². The van der Waals surface area contributed by atoms with Crippen molar-refractivity contribution in [2.24, 2.45) is 5.92 Å². The number of nitrogens with one attached hydrogen (secondary N) is 1. The summed E-state index contributed by atoms with van der Waals surface area (Å²) in [6.45, 7) is 9.89. The zero-order chi connectivity index (χ0) is 12.1. The molecule has 16 heavy (non-hydrogen) atoms. The quantitative estimate of drug-likeness (QED) is 0.817. The molecular formula is C14H22ClN. The fraction of sp³-hybridized carbons (Fsp3) is 0.571. The first-order valence-electron chi connectivity index (χ1n) is 6.00. The molecule has 0 aliphatic carbocycles. The van der Waals surface area contributed by atoms with Crippen molar-refractivity contribution in [3.05, 3.63) is 34.9 Å². The van der Waals surface area contributed by atoms with E-state index >= 15 is 0 Å². The van der Waals surface area contributed by atoms with Gasteiger partial charge in [0.15, 0.2) is 0 Å². The first kappa shape index (κ1) is 13.5. The summed E-state index contributed by atoms with van der Waals surface area (Å²) in [7, 11) is 0. The summed E-state index contributed by atoms with van der Waals surface area (Å²) in [5.74, 6) is 1.07. The Morgan fingerprint density at radius 3 is 2.31 bits per heavy atom. The lowest BCUT2D eigenvalue weighted by atomic mass is 9.89. The standard InChI is InChI=1S/C14H22ClN/c1-10(2)16-9-11(3)12(4)13-7-5-6-8-14(13)15/h5-8,10-12,16H,9H2,1-4H3. The fourth-order valence-corrected chi connectivity index (χ4v) is 2.06. The summed E-state index contributed by atoms with van der Waals surface area (Å²) in [6.07, 6.45) is 0. The molecule has 0 aromatic heterocycles. The first-order chi connectivity index (χ1) is 7.52. The predicted octanol–water partition coefficient (Wildman–Crippen LogP) is 4.08. The molecule has 1 rings (SSSR count). The van der Waals surface area contributed by atoms with Crippen molar-refractivity contribution < 1.29 is 0 Å². The van der Waals surface area contributed by atoms with Crippen LogP contribution < -0.4 is 5.32 Å². The lowest BCUT2D eigenvalue weighted by Crippen LogP contribution is -2.29. The maximum absolute atomic E-state index is 6.21. The topological polar surface area (TPSA) is 12.0 Å². The van der Waals surface area contributed by atoms with E-state index in [1.807, 2.05) is 12.1 Å². The molecule has 1 aromatic carbocycles. The normalized spacial score (nSPS) is 15.1.